The maximum absolute atomic E-state index is 10.0. The molecule has 0 spiro atoms. The molecule has 1 aliphatic carbocycles. The largest absolute Gasteiger partial charge is 0.303 e. The van der Waals surface area contributed by atoms with Crippen LogP contribution in [0.25, 0.3) is 0 Å². The lowest BCUT2D eigenvalue weighted by Crippen LogP contribution is -1.87. The van der Waals surface area contributed by atoms with Gasteiger partial charge >= 0.3 is 0 Å². The van der Waals surface area contributed by atoms with Crippen molar-refractivity contribution in [1.29, 1.82) is 0 Å². The summed E-state index contributed by atoms with van der Waals surface area (Å²) >= 11 is 0. The van der Waals surface area contributed by atoms with Crippen molar-refractivity contribution in [3.8, 4) is 0 Å². The van der Waals surface area contributed by atoms with Gasteiger partial charge in [0.15, 0.2) is 0 Å². The third kappa shape index (κ3) is 1.49. The molecule has 1 nitrogen and oxygen atoms in total. The van der Waals surface area contributed by atoms with E-state index >= 15 is 0 Å². The Kier molecular flexibility index (Phi) is 1.47. The van der Waals surface area contributed by atoms with Gasteiger partial charge < -0.3 is 4.79 Å². The molecule has 0 aromatic heterocycles. The van der Waals surface area contributed by atoms with Crippen molar-refractivity contribution >= 4 is 6.29 Å². The molecular weight excluding hydrogens is 100 g/mol. The lowest BCUT2D eigenvalue weighted by molar-refractivity contribution is -0.109. The van der Waals surface area contributed by atoms with Gasteiger partial charge in [0.1, 0.15) is 6.29 Å². The zero-order valence-corrected chi connectivity index (χ0v) is 5.05. The summed E-state index contributed by atoms with van der Waals surface area (Å²) in [5, 5.41) is 0. The highest BCUT2D eigenvalue weighted by atomic mass is 16.1. The van der Waals surface area contributed by atoms with Crippen molar-refractivity contribution in [2.75, 3.05) is 0 Å². The third-order valence-electron chi connectivity index (χ3n) is 1.25. The summed E-state index contributed by atoms with van der Waals surface area (Å²) in [7, 11) is 0. The van der Waals surface area contributed by atoms with Crippen LogP contribution in [-0.4, -0.2) is 6.29 Å². The van der Waals surface area contributed by atoms with E-state index in [2.05, 4.69) is 0 Å². The molecule has 0 radical (unpaired) electrons. The lowest BCUT2D eigenvalue weighted by Gasteiger charge is -1.87. The Labute approximate surface area is 49.4 Å². The van der Waals surface area contributed by atoms with Crippen LogP contribution in [0.3, 0.4) is 0 Å². The van der Waals surface area contributed by atoms with Crippen molar-refractivity contribution in [2.45, 2.75) is 19.8 Å². The summed E-state index contributed by atoms with van der Waals surface area (Å²) in [5.74, 6) is 0.146. The lowest BCUT2D eigenvalue weighted by atomic mass is 10.2. The number of carbonyl (C=O) groups is 1. The number of hydrogen-bond donors (Lipinski definition) is 0. The fraction of sp³-hybridized carbons (Fsp3) is 0.571. The highest BCUT2D eigenvalue weighted by Gasteiger charge is 2.11. The molecule has 0 aliphatic heterocycles. The van der Waals surface area contributed by atoms with Gasteiger partial charge in [-0.15, -0.1) is 0 Å². The SMILES string of the molecule is CC(C=O)C=C1CC1. The van der Waals surface area contributed by atoms with Gasteiger partial charge in [-0.3, -0.25) is 0 Å². The van der Waals surface area contributed by atoms with Gasteiger partial charge in [-0.2, -0.15) is 0 Å². The molecule has 1 saturated carbocycles. The summed E-state index contributed by atoms with van der Waals surface area (Å²) in [6, 6.07) is 0. The first-order valence-corrected chi connectivity index (χ1v) is 2.98. The van der Waals surface area contributed by atoms with E-state index < -0.39 is 0 Å². The van der Waals surface area contributed by atoms with Crippen molar-refractivity contribution in [3.05, 3.63) is 11.6 Å². The van der Waals surface area contributed by atoms with Crippen LogP contribution in [0.5, 0.6) is 0 Å². The smallest absolute Gasteiger partial charge is 0.126 e. The molecule has 1 heteroatoms. The number of rotatable bonds is 2. The monoisotopic (exact) mass is 110 g/mol. The number of hydrogen-bond acceptors (Lipinski definition) is 1. The molecule has 0 aromatic rings. The van der Waals surface area contributed by atoms with Crippen molar-refractivity contribution in [1.82, 2.24) is 0 Å². The zero-order chi connectivity index (χ0) is 5.98. The molecule has 1 unspecified atom stereocenters. The quantitative estimate of drug-likeness (QED) is 0.389. The Hall–Kier alpha value is -0.590. The van der Waals surface area contributed by atoms with Gasteiger partial charge in [-0.1, -0.05) is 18.6 Å². The molecular formula is C7H10O. The molecule has 0 bridgehead atoms. The Morgan fingerprint density at radius 1 is 1.62 bits per heavy atom. The summed E-state index contributed by atoms with van der Waals surface area (Å²) in [6.45, 7) is 1.92. The molecule has 1 atom stereocenters. The Bertz CT molecular complexity index is 118. The van der Waals surface area contributed by atoms with Crippen LogP contribution in [0.4, 0.5) is 0 Å². The number of aldehydes is 1. The highest BCUT2D eigenvalue weighted by molar-refractivity contribution is 5.56. The van der Waals surface area contributed by atoms with Gasteiger partial charge in [-0.05, 0) is 12.8 Å². The summed E-state index contributed by atoms with van der Waals surface area (Å²) in [4.78, 5) is 10.0. The Morgan fingerprint density at radius 2 is 2.25 bits per heavy atom. The first kappa shape index (κ1) is 5.54. The normalized spacial score (nSPS) is 19.9. The zero-order valence-electron chi connectivity index (χ0n) is 5.05. The van der Waals surface area contributed by atoms with Gasteiger partial charge in [-0.25, -0.2) is 0 Å². The fourth-order valence-corrected chi connectivity index (χ4v) is 0.650. The topological polar surface area (TPSA) is 17.1 Å². The van der Waals surface area contributed by atoms with Gasteiger partial charge in [0.2, 0.25) is 0 Å². The second-order valence-electron chi connectivity index (χ2n) is 2.32. The second kappa shape index (κ2) is 2.12. The fourth-order valence-electron chi connectivity index (χ4n) is 0.650. The molecule has 0 saturated heterocycles. The standard InChI is InChI=1S/C7H10O/c1-6(5-8)4-7-2-3-7/h4-6H,2-3H2,1H3. The van der Waals surface area contributed by atoms with Crippen LogP contribution in [0.1, 0.15) is 19.8 Å². The van der Waals surface area contributed by atoms with Crippen LogP contribution in [0.2, 0.25) is 0 Å². The van der Waals surface area contributed by atoms with Crippen molar-refractivity contribution in [3.63, 3.8) is 0 Å². The average Bonchev–Trinajstić information content (AvgIpc) is 2.50. The molecule has 0 aromatic carbocycles. The first-order valence-electron chi connectivity index (χ1n) is 2.98. The van der Waals surface area contributed by atoms with Crippen molar-refractivity contribution in [2.24, 2.45) is 5.92 Å². The van der Waals surface area contributed by atoms with Gasteiger partial charge in [0, 0.05) is 5.92 Å². The van der Waals surface area contributed by atoms with E-state index in [1.165, 1.54) is 18.4 Å². The van der Waals surface area contributed by atoms with E-state index in [0.29, 0.717) is 0 Å². The predicted octanol–water partition coefficient (Wildman–Crippen LogP) is 1.54. The van der Waals surface area contributed by atoms with Crippen LogP contribution in [-0.2, 0) is 4.79 Å². The minimum atomic E-state index is 0.146. The van der Waals surface area contributed by atoms with E-state index in [1.807, 2.05) is 13.0 Å². The molecule has 1 fully saturated rings. The predicted molar refractivity (Wildman–Crippen MR) is 32.5 cm³/mol. The van der Waals surface area contributed by atoms with E-state index in [1.54, 1.807) is 0 Å². The maximum atomic E-state index is 10.0. The van der Waals surface area contributed by atoms with Gasteiger partial charge in [0.25, 0.3) is 0 Å². The molecule has 44 valence electrons. The van der Waals surface area contributed by atoms with Crippen molar-refractivity contribution < 1.29 is 4.79 Å². The van der Waals surface area contributed by atoms with Crippen LogP contribution < -0.4 is 0 Å². The Morgan fingerprint density at radius 3 is 2.62 bits per heavy atom. The van der Waals surface area contributed by atoms with Gasteiger partial charge in [0.05, 0.1) is 0 Å². The molecule has 0 N–H and O–H groups in total. The minimum Gasteiger partial charge on any atom is -0.303 e. The molecule has 0 amide bonds. The summed E-state index contributed by atoms with van der Waals surface area (Å²) < 4.78 is 0. The first-order chi connectivity index (χ1) is 3.83. The van der Waals surface area contributed by atoms with E-state index in [9.17, 15) is 4.79 Å². The molecule has 0 heterocycles. The minimum absolute atomic E-state index is 0.146. The summed E-state index contributed by atoms with van der Waals surface area (Å²) in [6.07, 6.45) is 5.47. The van der Waals surface area contributed by atoms with Crippen LogP contribution in [0, 0.1) is 5.92 Å². The second-order valence-corrected chi connectivity index (χ2v) is 2.32. The maximum Gasteiger partial charge on any atom is 0.126 e. The number of carbonyl (C=O) groups excluding carboxylic acids is 1. The molecule has 1 aliphatic rings. The Balaban J connectivity index is 2.35. The van der Waals surface area contributed by atoms with E-state index in [0.717, 1.165) is 6.29 Å². The summed E-state index contributed by atoms with van der Waals surface area (Å²) in [5.41, 5.74) is 1.45. The average molecular weight is 110 g/mol. The molecule has 8 heavy (non-hydrogen) atoms. The number of allylic oxidation sites excluding steroid dienone is 2. The van der Waals surface area contributed by atoms with E-state index in [4.69, 9.17) is 0 Å². The van der Waals surface area contributed by atoms with Crippen LogP contribution >= 0.6 is 0 Å². The third-order valence-corrected chi connectivity index (χ3v) is 1.25. The highest BCUT2D eigenvalue weighted by Crippen LogP contribution is 2.28. The van der Waals surface area contributed by atoms with Crippen LogP contribution in [0.15, 0.2) is 11.6 Å². The molecule has 1 rings (SSSR count). The van der Waals surface area contributed by atoms with E-state index in [-0.39, 0.29) is 5.92 Å².